The van der Waals surface area contributed by atoms with E-state index in [0.717, 1.165) is 5.56 Å². The lowest BCUT2D eigenvalue weighted by Gasteiger charge is -2.49. The van der Waals surface area contributed by atoms with E-state index in [1.807, 2.05) is 13.1 Å². The van der Waals surface area contributed by atoms with Gasteiger partial charge >= 0.3 is 0 Å². The Labute approximate surface area is 90.7 Å². The second-order valence-electron chi connectivity index (χ2n) is 4.61. The molecule has 1 N–H and O–H groups in total. The van der Waals surface area contributed by atoms with E-state index < -0.39 is 0 Å². The van der Waals surface area contributed by atoms with Gasteiger partial charge in [0, 0.05) is 6.04 Å². The van der Waals surface area contributed by atoms with Crippen LogP contribution in [0.15, 0.2) is 24.3 Å². The topological polar surface area (TPSA) is 12.0 Å². The highest BCUT2D eigenvalue weighted by Crippen LogP contribution is 2.47. The molecule has 0 aliphatic heterocycles. The third kappa shape index (κ3) is 1.67. The molecule has 2 unspecified atom stereocenters. The van der Waals surface area contributed by atoms with Gasteiger partial charge in [-0.25, -0.2) is 4.39 Å². The molecule has 1 saturated carbocycles. The van der Waals surface area contributed by atoms with Gasteiger partial charge in [0.05, 0.1) is 0 Å². The molecule has 2 atom stereocenters. The number of halogens is 1. The van der Waals surface area contributed by atoms with Crippen molar-refractivity contribution in [3.8, 4) is 0 Å². The standard InChI is InChI=1S/C13H18FN/c1-8-12(9(2)13(8)15-3)10-5-4-6-11(14)7-10/h4-9,12-13,15H,1-3H3. The van der Waals surface area contributed by atoms with Gasteiger partial charge in [0.2, 0.25) is 0 Å². The zero-order valence-electron chi connectivity index (χ0n) is 9.50. The van der Waals surface area contributed by atoms with E-state index in [1.54, 1.807) is 12.1 Å². The largest absolute Gasteiger partial charge is 0.316 e. The molecule has 82 valence electrons. The summed E-state index contributed by atoms with van der Waals surface area (Å²) in [6.07, 6.45) is 0. The summed E-state index contributed by atoms with van der Waals surface area (Å²) in [4.78, 5) is 0. The fourth-order valence-electron chi connectivity index (χ4n) is 3.11. The molecular formula is C13H18FN. The van der Waals surface area contributed by atoms with Crippen molar-refractivity contribution in [3.63, 3.8) is 0 Å². The molecule has 0 spiro atoms. The van der Waals surface area contributed by atoms with Crippen LogP contribution in [0.5, 0.6) is 0 Å². The minimum absolute atomic E-state index is 0.125. The van der Waals surface area contributed by atoms with E-state index in [9.17, 15) is 4.39 Å². The van der Waals surface area contributed by atoms with Crippen molar-refractivity contribution in [1.29, 1.82) is 0 Å². The van der Waals surface area contributed by atoms with Gasteiger partial charge in [0.1, 0.15) is 5.82 Å². The summed E-state index contributed by atoms with van der Waals surface area (Å²) in [5.74, 6) is 1.55. The Kier molecular flexibility index (Phi) is 2.79. The normalized spacial score (nSPS) is 34.9. The molecule has 0 aromatic heterocycles. The molecule has 1 aromatic rings. The highest BCUT2D eigenvalue weighted by atomic mass is 19.1. The van der Waals surface area contributed by atoms with Gasteiger partial charge < -0.3 is 5.32 Å². The van der Waals surface area contributed by atoms with Crippen molar-refractivity contribution in [3.05, 3.63) is 35.6 Å². The minimum Gasteiger partial charge on any atom is -0.316 e. The fourth-order valence-corrected chi connectivity index (χ4v) is 3.11. The third-order valence-corrected chi connectivity index (χ3v) is 3.83. The van der Waals surface area contributed by atoms with Gasteiger partial charge in [0.25, 0.3) is 0 Å². The van der Waals surface area contributed by atoms with Gasteiger partial charge in [-0.05, 0) is 42.5 Å². The average molecular weight is 207 g/mol. The predicted octanol–water partition coefficient (Wildman–Crippen LogP) is 2.78. The third-order valence-electron chi connectivity index (χ3n) is 3.83. The van der Waals surface area contributed by atoms with Crippen LogP contribution in [0.2, 0.25) is 0 Å². The highest BCUT2D eigenvalue weighted by Gasteiger charge is 2.44. The quantitative estimate of drug-likeness (QED) is 0.786. The average Bonchev–Trinajstić information content (AvgIpc) is 2.18. The van der Waals surface area contributed by atoms with E-state index in [4.69, 9.17) is 0 Å². The summed E-state index contributed by atoms with van der Waals surface area (Å²) in [6.45, 7) is 4.47. The number of nitrogens with one attached hydrogen (secondary N) is 1. The molecule has 0 radical (unpaired) electrons. The first-order valence-electron chi connectivity index (χ1n) is 5.58. The smallest absolute Gasteiger partial charge is 0.123 e. The number of benzene rings is 1. The van der Waals surface area contributed by atoms with E-state index in [1.165, 1.54) is 6.07 Å². The maximum atomic E-state index is 13.1. The Bertz CT molecular complexity index is 340. The summed E-state index contributed by atoms with van der Waals surface area (Å²) in [5, 5.41) is 3.32. The lowest BCUT2D eigenvalue weighted by Crippen LogP contribution is -2.53. The van der Waals surface area contributed by atoms with E-state index in [0.29, 0.717) is 23.8 Å². The second kappa shape index (κ2) is 3.93. The first-order valence-corrected chi connectivity index (χ1v) is 5.58. The van der Waals surface area contributed by atoms with Gasteiger partial charge in [-0.15, -0.1) is 0 Å². The Balaban J connectivity index is 2.20. The molecule has 2 rings (SSSR count). The first-order chi connectivity index (χ1) is 7.15. The first kappa shape index (κ1) is 10.6. The summed E-state index contributed by atoms with van der Waals surface area (Å²) in [7, 11) is 2.00. The molecule has 1 aliphatic carbocycles. The number of rotatable bonds is 2. The molecule has 1 aliphatic rings. The van der Waals surface area contributed by atoms with Crippen LogP contribution in [0.25, 0.3) is 0 Å². The Hall–Kier alpha value is -0.890. The summed E-state index contributed by atoms with van der Waals surface area (Å²) in [5.41, 5.74) is 1.14. The molecule has 1 aromatic carbocycles. The number of hydrogen-bond donors (Lipinski definition) is 1. The zero-order chi connectivity index (χ0) is 11.0. The van der Waals surface area contributed by atoms with Crippen LogP contribution < -0.4 is 5.32 Å². The minimum atomic E-state index is -0.125. The number of hydrogen-bond acceptors (Lipinski definition) is 1. The Morgan fingerprint density at radius 3 is 2.40 bits per heavy atom. The van der Waals surface area contributed by atoms with Gasteiger partial charge in [-0.2, -0.15) is 0 Å². The molecule has 1 nitrogen and oxygen atoms in total. The van der Waals surface area contributed by atoms with E-state index in [-0.39, 0.29) is 5.82 Å². The molecule has 0 saturated heterocycles. The lowest BCUT2D eigenvalue weighted by molar-refractivity contribution is 0.103. The van der Waals surface area contributed by atoms with Crippen molar-refractivity contribution >= 4 is 0 Å². The van der Waals surface area contributed by atoms with Crippen LogP contribution >= 0.6 is 0 Å². The van der Waals surface area contributed by atoms with E-state index in [2.05, 4.69) is 19.2 Å². The van der Waals surface area contributed by atoms with Crippen LogP contribution in [-0.4, -0.2) is 13.1 Å². The van der Waals surface area contributed by atoms with Crippen molar-refractivity contribution in [2.24, 2.45) is 11.8 Å². The maximum Gasteiger partial charge on any atom is 0.123 e. The Morgan fingerprint density at radius 1 is 1.20 bits per heavy atom. The lowest BCUT2D eigenvalue weighted by atomic mass is 9.60. The summed E-state index contributed by atoms with van der Waals surface area (Å²) < 4.78 is 13.1. The van der Waals surface area contributed by atoms with Crippen molar-refractivity contribution in [2.45, 2.75) is 25.8 Å². The van der Waals surface area contributed by atoms with Crippen LogP contribution in [0, 0.1) is 17.7 Å². The van der Waals surface area contributed by atoms with Gasteiger partial charge in [-0.1, -0.05) is 26.0 Å². The molecular weight excluding hydrogens is 189 g/mol. The second-order valence-corrected chi connectivity index (χ2v) is 4.61. The molecule has 15 heavy (non-hydrogen) atoms. The molecule has 1 fully saturated rings. The Morgan fingerprint density at radius 2 is 1.87 bits per heavy atom. The predicted molar refractivity (Wildman–Crippen MR) is 60.3 cm³/mol. The molecule has 0 heterocycles. The van der Waals surface area contributed by atoms with E-state index >= 15 is 0 Å². The van der Waals surface area contributed by atoms with Crippen molar-refractivity contribution in [1.82, 2.24) is 5.32 Å². The monoisotopic (exact) mass is 207 g/mol. The fraction of sp³-hybridized carbons (Fsp3) is 0.538. The zero-order valence-corrected chi connectivity index (χ0v) is 9.50. The summed E-state index contributed by atoms with van der Waals surface area (Å²) in [6, 6.07) is 7.58. The summed E-state index contributed by atoms with van der Waals surface area (Å²) >= 11 is 0. The van der Waals surface area contributed by atoms with Crippen LogP contribution in [0.4, 0.5) is 4.39 Å². The van der Waals surface area contributed by atoms with Crippen LogP contribution in [0.1, 0.15) is 25.3 Å². The molecule has 0 amide bonds. The maximum absolute atomic E-state index is 13.1. The van der Waals surface area contributed by atoms with Crippen molar-refractivity contribution in [2.75, 3.05) is 7.05 Å². The van der Waals surface area contributed by atoms with Crippen molar-refractivity contribution < 1.29 is 4.39 Å². The van der Waals surface area contributed by atoms with Gasteiger partial charge in [0.15, 0.2) is 0 Å². The molecule has 2 heteroatoms. The van der Waals surface area contributed by atoms with Crippen LogP contribution in [0.3, 0.4) is 0 Å². The molecule has 0 bridgehead atoms. The van der Waals surface area contributed by atoms with Gasteiger partial charge in [-0.3, -0.25) is 0 Å². The highest BCUT2D eigenvalue weighted by molar-refractivity contribution is 5.26. The SMILES string of the molecule is CNC1C(C)C(c2cccc(F)c2)C1C. The van der Waals surface area contributed by atoms with Crippen LogP contribution in [-0.2, 0) is 0 Å².